The van der Waals surface area contributed by atoms with Crippen molar-refractivity contribution in [2.24, 2.45) is 0 Å². The van der Waals surface area contributed by atoms with Gasteiger partial charge in [0, 0.05) is 43.0 Å². The van der Waals surface area contributed by atoms with Gasteiger partial charge in [-0.25, -0.2) is 9.50 Å². The molecule has 0 aliphatic carbocycles. The molecule has 0 N–H and O–H groups in total. The molecule has 0 bridgehead atoms. The monoisotopic (exact) mass is 399 g/mol. The minimum Gasteiger partial charge on any atom is -0.495 e. The fourth-order valence-electron chi connectivity index (χ4n) is 4.32. The van der Waals surface area contributed by atoms with E-state index < -0.39 is 0 Å². The van der Waals surface area contributed by atoms with Crippen molar-refractivity contribution >= 4 is 5.65 Å². The summed E-state index contributed by atoms with van der Waals surface area (Å²) >= 11 is 0. The van der Waals surface area contributed by atoms with Crippen LogP contribution in [0.2, 0.25) is 0 Å². The molecule has 152 valence electrons. The third kappa shape index (κ3) is 3.78. The zero-order valence-electron chi connectivity index (χ0n) is 17.1. The Balaban J connectivity index is 1.43. The minimum absolute atomic E-state index is 0.434. The molecule has 1 atom stereocenters. The molecule has 1 aromatic carbocycles. The number of likely N-dealkylation sites (tertiary alicyclic amines) is 1. The standard InChI is InChI=1S/C24H25N5O/c1-30-21-12-20(14-25-15-21)22-13-24-26-10-9-23(29(24)27-22)19-8-5-11-28(17-19)16-18-6-3-2-4-7-18/h2-4,6-7,9-10,12-15,19H,5,8,11,16-17H2,1H3. The maximum atomic E-state index is 5.31. The van der Waals surface area contributed by atoms with Crippen molar-refractivity contribution in [1.29, 1.82) is 0 Å². The Morgan fingerprint density at radius 3 is 2.87 bits per heavy atom. The molecule has 6 heteroatoms. The lowest BCUT2D eigenvalue weighted by atomic mass is 9.94. The Hall–Kier alpha value is -3.25. The number of hydrogen-bond acceptors (Lipinski definition) is 5. The molecule has 0 amide bonds. The Morgan fingerprint density at radius 2 is 2.00 bits per heavy atom. The quantitative estimate of drug-likeness (QED) is 0.504. The van der Waals surface area contributed by atoms with Crippen molar-refractivity contribution < 1.29 is 4.74 Å². The zero-order chi connectivity index (χ0) is 20.3. The number of hydrogen-bond donors (Lipinski definition) is 0. The van der Waals surface area contributed by atoms with Crippen LogP contribution >= 0.6 is 0 Å². The van der Waals surface area contributed by atoms with Crippen molar-refractivity contribution in [3.63, 3.8) is 0 Å². The van der Waals surface area contributed by atoms with Crippen LogP contribution in [0.4, 0.5) is 0 Å². The van der Waals surface area contributed by atoms with Gasteiger partial charge in [-0.1, -0.05) is 30.3 Å². The summed E-state index contributed by atoms with van der Waals surface area (Å²) in [4.78, 5) is 11.4. The van der Waals surface area contributed by atoms with Crippen molar-refractivity contribution in [2.75, 3.05) is 20.2 Å². The Labute approximate surface area is 176 Å². The van der Waals surface area contributed by atoms with Gasteiger partial charge in [0.25, 0.3) is 0 Å². The first-order valence-electron chi connectivity index (χ1n) is 10.4. The van der Waals surface area contributed by atoms with Crippen molar-refractivity contribution in [2.45, 2.75) is 25.3 Å². The van der Waals surface area contributed by atoms with Gasteiger partial charge < -0.3 is 4.74 Å². The van der Waals surface area contributed by atoms with Crippen LogP contribution < -0.4 is 4.74 Å². The lowest BCUT2D eigenvalue weighted by molar-refractivity contribution is 0.197. The molecular weight excluding hydrogens is 374 g/mol. The van der Waals surface area contributed by atoms with Gasteiger partial charge in [-0.2, -0.15) is 5.10 Å². The third-order valence-corrected chi connectivity index (χ3v) is 5.80. The summed E-state index contributed by atoms with van der Waals surface area (Å²) in [5.41, 5.74) is 5.24. The first-order chi connectivity index (χ1) is 14.8. The smallest absolute Gasteiger partial charge is 0.155 e. The highest BCUT2D eigenvalue weighted by Gasteiger charge is 2.24. The summed E-state index contributed by atoms with van der Waals surface area (Å²) in [6.07, 6.45) is 7.77. The van der Waals surface area contributed by atoms with Crippen LogP contribution in [0.1, 0.15) is 30.0 Å². The average molecular weight is 399 g/mol. The first-order valence-corrected chi connectivity index (χ1v) is 10.4. The van der Waals surface area contributed by atoms with Gasteiger partial charge in [-0.15, -0.1) is 0 Å². The maximum Gasteiger partial charge on any atom is 0.155 e. The van der Waals surface area contributed by atoms with Crippen LogP contribution in [-0.4, -0.2) is 44.7 Å². The molecule has 30 heavy (non-hydrogen) atoms. The van der Waals surface area contributed by atoms with Crippen LogP contribution in [0.15, 0.2) is 67.1 Å². The lowest BCUT2D eigenvalue weighted by Gasteiger charge is -2.33. The number of benzene rings is 1. The molecule has 0 saturated carbocycles. The second-order valence-electron chi connectivity index (χ2n) is 7.84. The summed E-state index contributed by atoms with van der Waals surface area (Å²) in [5, 5.41) is 4.88. The van der Waals surface area contributed by atoms with E-state index in [4.69, 9.17) is 9.84 Å². The van der Waals surface area contributed by atoms with Gasteiger partial charge in [0.2, 0.25) is 0 Å². The van der Waals surface area contributed by atoms with Gasteiger partial charge in [0.15, 0.2) is 5.65 Å². The van der Waals surface area contributed by atoms with Gasteiger partial charge >= 0.3 is 0 Å². The topological polar surface area (TPSA) is 55.6 Å². The third-order valence-electron chi connectivity index (χ3n) is 5.80. The molecule has 1 saturated heterocycles. The Bertz CT molecular complexity index is 1140. The second-order valence-corrected chi connectivity index (χ2v) is 7.84. The van der Waals surface area contributed by atoms with E-state index in [1.807, 2.05) is 29.0 Å². The highest BCUT2D eigenvalue weighted by atomic mass is 16.5. The molecule has 4 heterocycles. The Kier molecular flexibility index (Phi) is 5.15. The van der Waals surface area contributed by atoms with E-state index in [2.05, 4.69) is 51.3 Å². The van der Waals surface area contributed by atoms with Gasteiger partial charge in [0.1, 0.15) is 5.75 Å². The number of fused-ring (bicyclic) bond motifs is 1. The van der Waals surface area contributed by atoms with Crippen LogP contribution in [0.25, 0.3) is 16.9 Å². The molecule has 5 rings (SSSR count). The summed E-state index contributed by atoms with van der Waals surface area (Å²) in [5.74, 6) is 1.16. The summed E-state index contributed by atoms with van der Waals surface area (Å²) in [7, 11) is 1.65. The van der Waals surface area contributed by atoms with E-state index in [9.17, 15) is 0 Å². The molecule has 1 aliphatic heterocycles. The van der Waals surface area contributed by atoms with Gasteiger partial charge in [0.05, 0.1) is 24.7 Å². The van der Waals surface area contributed by atoms with Crippen LogP contribution in [-0.2, 0) is 6.54 Å². The molecule has 1 unspecified atom stereocenters. The second kappa shape index (κ2) is 8.24. The average Bonchev–Trinajstić information content (AvgIpc) is 3.24. The molecule has 1 aliphatic rings. The van der Waals surface area contributed by atoms with Crippen LogP contribution in [0, 0.1) is 0 Å². The number of piperidine rings is 1. The molecule has 1 fully saturated rings. The molecule has 4 aromatic rings. The predicted octanol–water partition coefficient (Wildman–Crippen LogP) is 4.18. The zero-order valence-corrected chi connectivity index (χ0v) is 17.1. The van der Waals surface area contributed by atoms with E-state index in [0.717, 1.165) is 42.3 Å². The number of pyridine rings is 1. The fraction of sp³-hybridized carbons (Fsp3) is 0.292. The van der Waals surface area contributed by atoms with Gasteiger partial charge in [-0.3, -0.25) is 9.88 Å². The van der Waals surface area contributed by atoms with E-state index >= 15 is 0 Å². The molecule has 0 radical (unpaired) electrons. The number of rotatable bonds is 5. The summed E-state index contributed by atoms with van der Waals surface area (Å²) < 4.78 is 7.32. The van der Waals surface area contributed by atoms with Crippen molar-refractivity contribution in [3.05, 3.63) is 78.4 Å². The molecular formula is C24H25N5O. The number of nitrogens with zero attached hydrogens (tertiary/aromatic N) is 5. The molecule has 3 aromatic heterocycles. The van der Waals surface area contributed by atoms with E-state index in [0.29, 0.717) is 5.92 Å². The minimum atomic E-state index is 0.434. The lowest BCUT2D eigenvalue weighted by Crippen LogP contribution is -2.34. The van der Waals surface area contributed by atoms with E-state index in [-0.39, 0.29) is 0 Å². The fourth-order valence-corrected chi connectivity index (χ4v) is 4.32. The highest BCUT2D eigenvalue weighted by Crippen LogP contribution is 2.29. The largest absolute Gasteiger partial charge is 0.495 e. The number of methoxy groups -OCH3 is 1. The Morgan fingerprint density at radius 1 is 1.10 bits per heavy atom. The van der Waals surface area contributed by atoms with Crippen LogP contribution in [0.3, 0.4) is 0 Å². The van der Waals surface area contributed by atoms with Gasteiger partial charge in [-0.05, 0) is 37.1 Å². The highest BCUT2D eigenvalue weighted by molar-refractivity contribution is 5.64. The summed E-state index contributed by atoms with van der Waals surface area (Å²) in [6.45, 7) is 3.16. The SMILES string of the molecule is COc1cncc(-c2cc3nccc(C4CCCN(Cc5ccccc5)C4)n3n2)c1. The summed E-state index contributed by atoms with van der Waals surface area (Å²) in [6, 6.07) is 16.8. The van der Waals surface area contributed by atoms with Crippen LogP contribution in [0.5, 0.6) is 5.75 Å². The van der Waals surface area contributed by atoms with Crippen molar-refractivity contribution in [3.8, 4) is 17.0 Å². The van der Waals surface area contributed by atoms with E-state index in [1.165, 1.54) is 24.1 Å². The molecule has 6 nitrogen and oxygen atoms in total. The van der Waals surface area contributed by atoms with Crippen molar-refractivity contribution in [1.82, 2.24) is 24.5 Å². The first kappa shape index (κ1) is 18.8. The normalized spacial score (nSPS) is 17.3. The van der Waals surface area contributed by atoms with E-state index in [1.54, 1.807) is 13.3 Å². The number of aromatic nitrogens is 4. The molecule has 0 spiro atoms. The predicted molar refractivity (Wildman–Crippen MR) is 116 cm³/mol. The number of ether oxygens (including phenoxy) is 1. The maximum absolute atomic E-state index is 5.31.